The number of imidazole rings is 1. The van der Waals surface area contributed by atoms with Crippen LogP contribution in [0.2, 0.25) is 0 Å². The quantitative estimate of drug-likeness (QED) is 0.776. The van der Waals surface area contributed by atoms with Crippen molar-refractivity contribution in [2.75, 3.05) is 11.4 Å². The van der Waals surface area contributed by atoms with E-state index in [1.54, 1.807) is 17.3 Å². The summed E-state index contributed by atoms with van der Waals surface area (Å²) in [5, 5.41) is 12.4. The number of aromatic amines is 1. The molecule has 7 nitrogen and oxygen atoms in total. The van der Waals surface area contributed by atoms with Crippen LogP contribution in [0.3, 0.4) is 0 Å². The van der Waals surface area contributed by atoms with E-state index in [-0.39, 0.29) is 5.69 Å². The lowest BCUT2D eigenvalue weighted by atomic mass is 10.2. The fourth-order valence-electron chi connectivity index (χ4n) is 1.84. The molecule has 2 aromatic rings. The molecule has 0 bridgehead atoms. The number of hydrogen-bond acceptors (Lipinski definition) is 5. The summed E-state index contributed by atoms with van der Waals surface area (Å²) in [6, 6.07) is 0. The van der Waals surface area contributed by atoms with Crippen molar-refractivity contribution in [1.82, 2.24) is 15.1 Å². The third-order valence-corrected chi connectivity index (χ3v) is 2.54. The molecule has 0 fully saturated rings. The van der Waals surface area contributed by atoms with Crippen LogP contribution in [0.5, 0.6) is 0 Å². The lowest BCUT2D eigenvalue weighted by Gasteiger charge is -2.10. The van der Waals surface area contributed by atoms with Crippen LogP contribution in [0.4, 0.5) is 11.8 Å². The number of H-pyrrole nitrogens is 1. The number of aromatic carboxylic acids is 1. The number of fused-ring (bicyclic) bond motifs is 1. The zero-order valence-corrected chi connectivity index (χ0v) is 8.17. The number of hydrogen-bond donors (Lipinski definition) is 2. The van der Waals surface area contributed by atoms with Gasteiger partial charge in [0.05, 0.1) is 5.56 Å². The first-order chi connectivity index (χ1) is 7.77. The molecule has 0 saturated heterocycles. The number of aromatic nitrogens is 3. The molecule has 2 aromatic heterocycles. The molecule has 0 amide bonds. The molecule has 7 heteroatoms. The molecule has 2 N–H and O–H groups in total. The molecule has 3 rings (SSSR count). The summed E-state index contributed by atoms with van der Waals surface area (Å²) in [5.41, 5.74) is 0.618. The molecule has 1 aliphatic rings. The number of carboxylic acid groups (broad SMARTS) is 1. The standard InChI is InChI=1S/C9H8N4O3/c14-8(15)6-5-1-4-13(7(5)16-12-6)9-10-2-3-11-9/h2-3H,1,4H2,(H,10,11)(H,14,15). The number of anilines is 2. The highest BCUT2D eigenvalue weighted by Gasteiger charge is 2.32. The molecule has 16 heavy (non-hydrogen) atoms. The minimum absolute atomic E-state index is 0.0101. The van der Waals surface area contributed by atoms with Gasteiger partial charge < -0.3 is 14.6 Å². The maximum absolute atomic E-state index is 10.9. The van der Waals surface area contributed by atoms with E-state index in [9.17, 15) is 4.79 Å². The van der Waals surface area contributed by atoms with E-state index >= 15 is 0 Å². The van der Waals surface area contributed by atoms with Crippen LogP contribution in [0.25, 0.3) is 0 Å². The molecule has 0 atom stereocenters. The average molecular weight is 220 g/mol. The SMILES string of the molecule is O=C(O)c1noc2c1CCN2c1ncc[nH]1. The molecule has 0 unspecified atom stereocenters. The molecule has 82 valence electrons. The van der Waals surface area contributed by atoms with Gasteiger partial charge in [-0.25, -0.2) is 9.78 Å². The van der Waals surface area contributed by atoms with Gasteiger partial charge in [-0.3, -0.25) is 4.90 Å². The summed E-state index contributed by atoms with van der Waals surface area (Å²) >= 11 is 0. The first kappa shape index (κ1) is 8.96. The van der Waals surface area contributed by atoms with Crippen LogP contribution in [0.1, 0.15) is 16.1 Å². The van der Waals surface area contributed by atoms with Gasteiger partial charge in [0.2, 0.25) is 11.8 Å². The fraction of sp³-hybridized carbons (Fsp3) is 0.222. The van der Waals surface area contributed by atoms with Gasteiger partial charge in [0.15, 0.2) is 5.69 Å². The van der Waals surface area contributed by atoms with Crippen LogP contribution in [0, 0.1) is 0 Å². The van der Waals surface area contributed by atoms with Gasteiger partial charge in [-0.2, -0.15) is 0 Å². The predicted molar refractivity (Wildman–Crippen MR) is 52.8 cm³/mol. The lowest BCUT2D eigenvalue weighted by molar-refractivity contribution is 0.0684. The van der Waals surface area contributed by atoms with E-state index in [1.807, 2.05) is 0 Å². The third kappa shape index (κ3) is 1.11. The minimum atomic E-state index is -1.06. The summed E-state index contributed by atoms with van der Waals surface area (Å²) < 4.78 is 5.04. The van der Waals surface area contributed by atoms with Gasteiger partial charge in [0.1, 0.15) is 0 Å². The normalized spacial score (nSPS) is 14.1. The number of rotatable bonds is 2. The topological polar surface area (TPSA) is 95.2 Å². The monoisotopic (exact) mass is 220 g/mol. The van der Waals surface area contributed by atoms with Gasteiger partial charge >= 0.3 is 5.97 Å². The highest BCUT2D eigenvalue weighted by molar-refractivity contribution is 5.89. The molecule has 0 radical (unpaired) electrons. The Morgan fingerprint density at radius 2 is 2.50 bits per heavy atom. The highest BCUT2D eigenvalue weighted by atomic mass is 16.5. The predicted octanol–water partition coefficient (Wildman–Crippen LogP) is 0.790. The van der Waals surface area contributed by atoms with Crippen molar-refractivity contribution in [3.63, 3.8) is 0 Å². The Bertz CT molecular complexity index is 531. The van der Waals surface area contributed by atoms with Crippen LogP contribution in [-0.4, -0.2) is 32.7 Å². The van der Waals surface area contributed by atoms with E-state index in [0.717, 1.165) is 0 Å². The van der Waals surface area contributed by atoms with Gasteiger partial charge in [-0.05, 0) is 6.42 Å². The lowest BCUT2D eigenvalue weighted by Crippen LogP contribution is -2.14. The molecule has 1 aliphatic heterocycles. The first-order valence-corrected chi connectivity index (χ1v) is 4.76. The van der Waals surface area contributed by atoms with Gasteiger partial charge in [-0.1, -0.05) is 5.16 Å². The summed E-state index contributed by atoms with van der Waals surface area (Å²) in [6.45, 7) is 0.643. The van der Waals surface area contributed by atoms with Crippen molar-refractivity contribution < 1.29 is 14.4 Å². The van der Waals surface area contributed by atoms with Crippen molar-refractivity contribution >= 4 is 17.8 Å². The van der Waals surface area contributed by atoms with Crippen molar-refractivity contribution in [3.8, 4) is 0 Å². The molecular formula is C9H8N4O3. The van der Waals surface area contributed by atoms with Crippen molar-refractivity contribution in [1.29, 1.82) is 0 Å². The second-order valence-electron chi connectivity index (χ2n) is 3.43. The van der Waals surface area contributed by atoms with Crippen LogP contribution < -0.4 is 4.90 Å². The Morgan fingerprint density at radius 1 is 1.62 bits per heavy atom. The van der Waals surface area contributed by atoms with Crippen molar-refractivity contribution in [2.45, 2.75) is 6.42 Å². The first-order valence-electron chi connectivity index (χ1n) is 4.76. The zero-order chi connectivity index (χ0) is 11.1. The van der Waals surface area contributed by atoms with Crippen molar-refractivity contribution in [2.24, 2.45) is 0 Å². The summed E-state index contributed by atoms with van der Waals surface area (Å²) in [6.07, 6.45) is 3.92. The largest absolute Gasteiger partial charge is 0.476 e. The fourth-order valence-corrected chi connectivity index (χ4v) is 1.84. The Labute approximate surface area is 89.7 Å². The molecular weight excluding hydrogens is 212 g/mol. The maximum Gasteiger partial charge on any atom is 0.358 e. The minimum Gasteiger partial charge on any atom is -0.476 e. The zero-order valence-electron chi connectivity index (χ0n) is 8.17. The van der Waals surface area contributed by atoms with E-state index in [1.165, 1.54) is 0 Å². The van der Waals surface area contributed by atoms with Gasteiger partial charge in [-0.15, -0.1) is 0 Å². The Kier molecular flexibility index (Phi) is 1.73. The Morgan fingerprint density at radius 3 is 3.19 bits per heavy atom. The van der Waals surface area contributed by atoms with Gasteiger partial charge in [0.25, 0.3) is 0 Å². The van der Waals surface area contributed by atoms with E-state index < -0.39 is 5.97 Å². The summed E-state index contributed by atoms with van der Waals surface area (Å²) in [5.74, 6) is 0.0329. The van der Waals surface area contributed by atoms with Crippen LogP contribution >= 0.6 is 0 Å². The number of carbonyl (C=O) groups is 1. The molecule has 0 aromatic carbocycles. The Hall–Kier alpha value is -2.31. The maximum atomic E-state index is 10.9. The van der Waals surface area contributed by atoms with E-state index in [4.69, 9.17) is 9.63 Å². The molecule has 3 heterocycles. The number of nitrogens with zero attached hydrogens (tertiary/aromatic N) is 3. The molecule has 0 spiro atoms. The number of carboxylic acids is 1. The summed E-state index contributed by atoms with van der Waals surface area (Å²) in [4.78, 5) is 19.6. The van der Waals surface area contributed by atoms with Crippen molar-refractivity contribution in [3.05, 3.63) is 23.7 Å². The second kappa shape index (κ2) is 3.09. The molecule has 0 saturated carbocycles. The number of nitrogens with one attached hydrogen (secondary N) is 1. The Balaban J connectivity index is 2.04. The summed E-state index contributed by atoms with van der Waals surface area (Å²) in [7, 11) is 0. The molecule has 0 aliphatic carbocycles. The second-order valence-corrected chi connectivity index (χ2v) is 3.43. The smallest absolute Gasteiger partial charge is 0.358 e. The van der Waals surface area contributed by atoms with Crippen LogP contribution in [0.15, 0.2) is 16.9 Å². The van der Waals surface area contributed by atoms with E-state index in [2.05, 4.69) is 15.1 Å². The van der Waals surface area contributed by atoms with Gasteiger partial charge in [0, 0.05) is 18.9 Å². The average Bonchev–Trinajstić information content (AvgIpc) is 2.93. The van der Waals surface area contributed by atoms with E-state index in [0.29, 0.717) is 30.4 Å². The van der Waals surface area contributed by atoms with Crippen LogP contribution in [-0.2, 0) is 6.42 Å². The highest BCUT2D eigenvalue weighted by Crippen LogP contribution is 2.34. The third-order valence-electron chi connectivity index (χ3n) is 2.54.